The normalized spacial score (nSPS) is 19.4. The number of carbonyl (C=O) groups excluding carboxylic acids is 1. The Kier molecular flexibility index (Phi) is 4.81. The molecule has 1 heterocycles. The van der Waals surface area contributed by atoms with Crippen LogP contribution in [0.4, 0.5) is 8.78 Å². The maximum atomic E-state index is 13.6. The van der Waals surface area contributed by atoms with Crippen LogP contribution in [-0.2, 0) is 21.4 Å². The predicted octanol–water partition coefficient (Wildman–Crippen LogP) is 1.35. The van der Waals surface area contributed by atoms with Gasteiger partial charge in [-0.3, -0.25) is 4.79 Å². The molecule has 0 spiro atoms. The van der Waals surface area contributed by atoms with Gasteiger partial charge in [0.25, 0.3) is 0 Å². The lowest BCUT2D eigenvalue weighted by molar-refractivity contribution is -0.133. The van der Waals surface area contributed by atoms with E-state index in [2.05, 4.69) is 0 Å². The van der Waals surface area contributed by atoms with Gasteiger partial charge in [-0.25, -0.2) is 17.2 Å². The summed E-state index contributed by atoms with van der Waals surface area (Å²) in [6.07, 6.45) is 2.13. The van der Waals surface area contributed by atoms with Crippen LogP contribution in [0.15, 0.2) is 18.2 Å². The highest BCUT2D eigenvalue weighted by Gasteiger charge is 2.37. The van der Waals surface area contributed by atoms with Gasteiger partial charge < -0.3 is 4.90 Å². The van der Waals surface area contributed by atoms with Crippen molar-refractivity contribution >= 4 is 15.9 Å². The summed E-state index contributed by atoms with van der Waals surface area (Å²) in [6, 6.07) is 2.40. The molecule has 5 nitrogen and oxygen atoms in total. The zero-order valence-electron chi connectivity index (χ0n) is 12.4. The predicted molar refractivity (Wildman–Crippen MR) is 77.4 cm³/mol. The lowest BCUT2D eigenvalue weighted by Gasteiger charge is -2.26. The molecule has 1 amide bonds. The second-order valence-electron chi connectivity index (χ2n) is 5.46. The molecule has 22 heavy (non-hydrogen) atoms. The Morgan fingerprint density at radius 2 is 2.09 bits per heavy atom. The molecule has 0 bridgehead atoms. The van der Waals surface area contributed by atoms with Crippen LogP contribution < -0.4 is 0 Å². The summed E-state index contributed by atoms with van der Waals surface area (Å²) in [5, 5.41) is 0. The summed E-state index contributed by atoms with van der Waals surface area (Å²) in [6.45, 7) is 0.271. The third kappa shape index (κ3) is 3.61. The first kappa shape index (κ1) is 16.8. The molecule has 0 saturated carbocycles. The lowest BCUT2D eigenvalue weighted by atomic mass is 10.1. The second-order valence-corrected chi connectivity index (χ2v) is 7.40. The topological polar surface area (TPSA) is 57.7 Å². The van der Waals surface area contributed by atoms with E-state index in [1.807, 2.05) is 0 Å². The van der Waals surface area contributed by atoms with Crippen LogP contribution in [0, 0.1) is 11.6 Å². The zero-order valence-corrected chi connectivity index (χ0v) is 13.2. The Bertz CT molecular complexity index is 679. The zero-order chi connectivity index (χ0) is 16.5. The number of hydrogen-bond donors (Lipinski definition) is 0. The number of rotatable bonds is 4. The maximum absolute atomic E-state index is 13.6. The Morgan fingerprint density at radius 1 is 1.41 bits per heavy atom. The molecule has 0 N–H and O–H groups in total. The Labute approximate surface area is 128 Å². The van der Waals surface area contributed by atoms with E-state index < -0.39 is 27.7 Å². The average Bonchev–Trinajstić information content (AvgIpc) is 2.90. The van der Waals surface area contributed by atoms with Crippen LogP contribution in [0.5, 0.6) is 0 Å². The molecule has 1 fully saturated rings. The average molecular weight is 332 g/mol. The van der Waals surface area contributed by atoms with Crippen molar-refractivity contribution in [3.05, 3.63) is 35.4 Å². The van der Waals surface area contributed by atoms with Crippen molar-refractivity contribution in [3.8, 4) is 0 Å². The van der Waals surface area contributed by atoms with Crippen molar-refractivity contribution in [1.82, 2.24) is 9.21 Å². The van der Waals surface area contributed by atoms with E-state index in [1.54, 1.807) is 0 Å². The quantitative estimate of drug-likeness (QED) is 0.836. The van der Waals surface area contributed by atoms with Crippen LogP contribution in [0.2, 0.25) is 0 Å². The SMILES string of the molecule is CN(Cc1ccc(F)cc1F)C(=O)C1CCCN1S(C)(=O)=O. The van der Waals surface area contributed by atoms with Crippen LogP contribution in [0.1, 0.15) is 18.4 Å². The van der Waals surface area contributed by atoms with Gasteiger partial charge in [0.1, 0.15) is 17.7 Å². The van der Waals surface area contributed by atoms with Gasteiger partial charge in [0.15, 0.2) is 0 Å². The fourth-order valence-electron chi connectivity index (χ4n) is 2.62. The van der Waals surface area contributed by atoms with Crippen molar-refractivity contribution in [1.29, 1.82) is 0 Å². The van der Waals surface area contributed by atoms with Gasteiger partial charge in [-0.1, -0.05) is 6.07 Å². The maximum Gasteiger partial charge on any atom is 0.241 e. The Morgan fingerprint density at radius 3 is 2.68 bits per heavy atom. The highest BCUT2D eigenvalue weighted by Crippen LogP contribution is 2.22. The van der Waals surface area contributed by atoms with E-state index in [1.165, 1.54) is 22.3 Å². The molecular formula is C14H18F2N2O3S. The van der Waals surface area contributed by atoms with Gasteiger partial charge in [-0.05, 0) is 18.9 Å². The van der Waals surface area contributed by atoms with E-state index in [0.717, 1.165) is 18.4 Å². The molecule has 1 atom stereocenters. The summed E-state index contributed by atoms with van der Waals surface area (Å²) < 4.78 is 51.0. The molecule has 2 rings (SSSR count). The number of amides is 1. The Balaban J connectivity index is 2.12. The highest BCUT2D eigenvalue weighted by molar-refractivity contribution is 7.88. The van der Waals surface area contributed by atoms with E-state index in [-0.39, 0.29) is 18.0 Å². The van der Waals surface area contributed by atoms with Crippen molar-refractivity contribution in [2.24, 2.45) is 0 Å². The Hall–Kier alpha value is -1.54. The molecule has 0 aromatic heterocycles. The van der Waals surface area contributed by atoms with E-state index in [4.69, 9.17) is 0 Å². The molecule has 1 aromatic carbocycles. The van der Waals surface area contributed by atoms with Crippen molar-refractivity contribution < 1.29 is 22.0 Å². The van der Waals surface area contributed by atoms with Crippen LogP contribution in [0.3, 0.4) is 0 Å². The van der Waals surface area contributed by atoms with E-state index in [0.29, 0.717) is 19.4 Å². The fourth-order valence-corrected chi connectivity index (χ4v) is 3.74. The van der Waals surface area contributed by atoms with Crippen molar-refractivity contribution in [2.45, 2.75) is 25.4 Å². The molecule has 1 saturated heterocycles. The summed E-state index contributed by atoms with van der Waals surface area (Å²) in [5.41, 5.74) is 0.182. The monoisotopic (exact) mass is 332 g/mol. The minimum atomic E-state index is -3.45. The highest BCUT2D eigenvalue weighted by atomic mass is 32.2. The number of halogens is 2. The van der Waals surface area contributed by atoms with Gasteiger partial charge in [0, 0.05) is 31.8 Å². The summed E-state index contributed by atoms with van der Waals surface area (Å²) >= 11 is 0. The molecule has 1 unspecified atom stereocenters. The van der Waals surface area contributed by atoms with Crippen molar-refractivity contribution in [3.63, 3.8) is 0 Å². The van der Waals surface area contributed by atoms with Gasteiger partial charge in [0.2, 0.25) is 15.9 Å². The minimum absolute atomic E-state index is 0.0426. The standard InChI is InChI=1S/C14H18F2N2O3S/c1-17(9-10-5-6-11(15)8-12(10)16)14(19)13-4-3-7-18(13)22(2,20)21/h5-6,8,13H,3-4,7,9H2,1-2H3. The first-order valence-electron chi connectivity index (χ1n) is 6.86. The molecular weight excluding hydrogens is 314 g/mol. The van der Waals surface area contributed by atoms with Crippen LogP contribution in [-0.4, -0.2) is 49.4 Å². The first-order valence-corrected chi connectivity index (χ1v) is 8.70. The summed E-state index contributed by atoms with van der Waals surface area (Å²) in [4.78, 5) is 13.7. The summed E-state index contributed by atoms with van der Waals surface area (Å²) in [7, 11) is -1.98. The lowest BCUT2D eigenvalue weighted by Crippen LogP contribution is -2.46. The number of carbonyl (C=O) groups is 1. The van der Waals surface area contributed by atoms with E-state index >= 15 is 0 Å². The number of nitrogens with zero attached hydrogens (tertiary/aromatic N) is 2. The van der Waals surface area contributed by atoms with Gasteiger partial charge >= 0.3 is 0 Å². The second kappa shape index (κ2) is 6.29. The molecule has 1 aliphatic heterocycles. The fraction of sp³-hybridized carbons (Fsp3) is 0.500. The molecule has 8 heteroatoms. The third-order valence-corrected chi connectivity index (χ3v) is 5.00. The number of likely N-dealkylation sites (N-methyl/N-ethyl adjacent to an activating group) is 1. The molecule has 0 radical (unpaired) electrons. The molecule has 0 aliphatic carbocycles. The molecule has 1 aromatic rings. The smallest absolute Gasteiger partial charge is 0.241 e. The van der Waals surface area contributed by atoms with Crippen molar-refractivity contribution in [2.75, 3.05) is 19.8 Å². The summed E-state index contributed by atoms with van der Waals surface area (Å²) in [5.74, 6) is -1.80. The number of benzene rings is 1. The molecule has 1 aliphatic rings. The van der Waals surface area contributed by atoms with Gasteiger partial charge in [-0.15, -0.1) is 0 Å². The minimum Gasteiger partial charge on any atom is -0.340 e. The first-order chi connectivity index (χ1) is 10.2. The van der Waals surface area contributed by atoms with Gasteiger partial charge in [0.05, 0.1) is 6.26 Å². The van der Waals surface area contributed by atoms with E-state index in [9.17, 15) is 22.0 Å². The van der Waals surface area contributed by atoms with Gasteiger partial charge in [-0.2, -0.15) is 4.31 Å². The third-order valence-electron chi connectivity index (χ3n) is 3.71. The number of hydrogen-bond acceptors (Lipinski definition) is 3. The number of sulfonamides is 1. The largest absolute Gasteiger partial charge is 0.340 e. The van der Waals surface area contributed by atoms with Crippen LogP contribution in [0.25, 0.3) is 0 Å². The van der Waals surface area contributed by atoms with Crippen LogP contribution >= 0.6 is 0 Å². The molecule has 122 valence electrons.